The van der Waals surface area contributed by atoms with Crippen molar-refractivity contribution in [2.24, 2.45) is 5.92 Å². The molecule has 1 aromatic rings. The van der Waals surface area contributed by atoms with E-state index >= 15 is 0 Å². The maximum Gasteiger partial charge on any atom is 0.227 e. The number of carbonyl (C=O) groups excluding carboxylic acids is 1. The number of halogens is 2. The smallest absolute Gasteiger partial charge is 0.227 e. The SMILES string of the molecule is CNCC1CCN(C(=O)Cc2ccc(Cl)cc2Br)C1. The van der Waals surface area contributed by atoms with Gasteiger partial charge in [0.25, 0.3) is 0 Å². The first-order valence-electron chi connectivity index (χ1n) is 6.46. The minimum Gasteiger partial charge on any atom is -0.342 e. The predicted molar refractivity (Wildman–Crippen MR) is 81.5 cm³/mol. The van der Waals surface area contributed by atoms with Crippen LogP contribution in [-0.2, 0) is 11.2 Å². The first-order chi connectivity index (χ1) is 9.10. The summed E-state index contributed by atoms with van der Waals surface area (Å²) in [6.45, 7) is 2.72. The summed E-state index contributed by atoms with van der Waals surface area (Å²) < 4.78 is 0.902. The van der Waals surface area contributed by atoms with Crippen molar-refractivity contribution in [3.8, 4) is 0 Å². The summed E-state index contributed by atoms with van der Waals surface area (Å²) in [6, 6.07) is 5.56. The van der Waals surface area contributed by atoms with Crippen molar-refractivity contribution in [2.75, 3.05) is 26.7 Å². The Labute approximate surface area is 127 Å². The number of likely N-dealkylation sites (tertiary alicyclic amines) is 1. The highest BCUT2D eigenvalue weighted by Gasteiger charge is 2.25. The minimum absolute atomic E-state index is 0.196. The van der Waals surface area contributed by atoms with E-state index in [9.17, 15) is 4.79 Å². The van der Waals surface area contributed by atoms with Crippen LogP contribution in [0.1, 0.15) is 12.0 Å². The molecule has 0 aliphatic carbocycles. The quantitative estimate of drug-likeness (QED) is 0.910. The number of rotatable bonds is 4. The molecule has 0 saturated carbocycles. The van der Waals surface area contributed by atoms with E-state index in [1.165, 1.54) is 0 Å². The molecule has 0 bridgehead atoms. The molecule has 1 heterocycles. The van der Waals surface area contributed by atoms with Crippen molar-refractivity contribution in [1.82, 2.24) is 10.2 Å². The van der Waals surface area contributed by atoms with Crippen LogP contribution in [0.2, 0.25) is 5.02 Å². The molecule has 1 amide bonds. The molecule has 1 N–H and O–H groups in total. The Bertz CT molecular complexity index is 467. The van der Waals surface area contributed by atoms with Gasteiger partial charge in [-0.1, -0.05) is 33.6 Å². The van der Waals surface area contributed by atoms with Gasteiger partial charge < -0.3 is 10.2 Å². The molecule has 1 aliphatic heterocycles. The van der Waals surface area contributed by atoms with Crippen LogP contribution in [0.25, 0.3) is 0 Å². The van der Waals surface area contributed by atoms with Crippen molar-refractivity contribution < 1.29 is 4.79 Å². The van der Waals surface area contributed by atoms with Crippen LogP contribution in [0.3, 0.4) is 0 Å². The third-order valence-corrected chi connectivity index (χ3v) is 4.46. The third-order valence-electron chi connectivity index (χ3n) is 3.49. The Hall–Kier alpha value is -0.580. The Balaban J connectivity index is 1.94. The molecule has 2 rings (SSSR count). The summed E-state index contributed by atoms with van der Waals surface area (Å²) in [7, 11) is 1.95. The Kier molecular flexibility index (Phi) is 5.25. The Morgan fingerprint density at radius 2 is 2.37 bits per heavy atom. The van der Waals surface area contributed by atoms with Gasteiger partial charge in [0.1, 0.15) is 0 Å². The van der Waals surface area contributed by atoms with Crippen LogP contribution in [0.15, 0.2) is 22.7 Å². The van der Waals surface area contributed by atoms with Gasteiger partial charge in [0.2, 0.25) is 5.91 Å². The van der Waals surface area contributed by atoms with Gasteiger partial charge in [0.15, 0.2) is 0 Å². The zero-order valence-electron chi connectivity index (χ0n) is 11.0. The summed E-state index contributed by atoms with van der Waals surface area (Å²) >= 11 is 9.36. The first-order valence-corrected chi connectivity index (χ1v) is 7.63. The zero-order valence-corrected chi connectivity index (χ0v) is 13.3. The molecule has 1 aromatic carbocycles. The summed E-state index contributed by atoms with van der Waals surface area (Å²) in [5.74, 6) is 0.782. The highest BCUT2D eigenvalue weighted by molar-refractivity contribution is 9.10. The number of nitrogens with zero attached hydrogens (tertiary/aromatic N) is 1. The van der Waals surface area contributed by atoms with Crippen molar-refractivity contribution in [2.45, 2.75) is 12.8 Å². The number of hydrogen-bond acceptors (Lipinski definition) is 2. The van der Waals surface area contributed by atoms with Gasteiger partial charge in [-0.05, 0) is 43.6 Å². The highest BCUT2D eigenvalue weighted by Crippen LogP contribution is 2.23. The summed E-state index contributed by atoms with van der Waals surface area (Å²) in [4.78, 5) is 14.2. The van der Waals surface area contributed by atoms with E-state index in [1.807, 2.05) is 30.1 Å². The van der Waals surface area contributed by atoms with Gasteiger partial charge in [-0.15, -0.1) is 0 Å². The van der Waals surface area contributed by atoms with Crippen LogP contribution in [-0.4, -0.2) is 37.5 Å². The van der Waals surface area contributed by atoms with E-state index in [1.54, 1.807) is 0 Å². The van der Waals surface area contributed by atoms with E-state index in [-0.39, 0.29) is 5.91 Å². The van der Waals surface area contributed by atoms with Gasteiger partial charge >= 0.3 is 0 Å². The predicted octanol–water partition coefficient (Wildman–Crippen LogP) is 2.71. The Morgan fingerprint density at radius 3 is 3.05 bits per heavy atom. The lowest BCUT2D eigenvalue weighted by Gasteiger charge is -2.17. The average Bonchev–Trinajstić information content (AvgIpc) is 2.82. The molecule has 1 atom stereocenters. The second kappa shape index (κ2) is 6.73. The topological polar surface area (TPSA) is 32.3 Å². The van der Waals surface area contributed by atoms with Gasteiger partial charge in [0.05, 0.1) is 6.42 Å². The maximum atomic E-state index is 12.3. The molecule has 1 aliphatic rings. The standard InChI is InChI=1S/C14H18BrClN2O/c1-17-8-10-4-5-18(9-10)14(19)6-11-2-3-12(16)7-13(11)15/h2-3,7,10,17H,4-6,8-9H2,1H3. The monoisotopic (exact) mass is 344 g/mol. The fourth-order valence-corrected chi connectivity index (χ4v) is 3.28. The summed E-state index contributed by atoms with van der Waals surface area (Å²) in [5, 5.41) is 3.85. The second-order valence-electron chi connectivity index (χ2n) is 4.96. The van der Waals surface area contributed by atoms with Crippen LogP contribution >= 0.6 is 27.5 Å². The van der Waals surface area contributed by atoms with E-state index < -0.39 is 0 Å². The van der Waals surface area contributed by atoms with E-state index in [0.717, 1.165) is 36.1 Å². The average molecular weight is 346 g/mol. The highest BCUT2D eigenvalue weighted by atomic mass is 79.9. The molecule has 0 aromatic heterocycles. The number of hydrogen-bond donors (Lipinski definition) is 1. The molecule has 3 nitrogen and oxygen atoms in total. The van der Waals surface area contributed by atoms with Crippen molar-refractivity contribution in [3.63, 3.8) is 0 Å². The number of amides is 1. The van der Waals surface area contributed by atoms with E-state index in [2.05, 4.69) is 21.2 Å². The first kappa shape index (κ1) is 14.8. The van der Waals surface area contributed by atoms with Crippen molar-refractivity contribution in [1.29, 1.82) is 0 Å². The largest absolute Gasteiger partial charge is 0.342 e. The van der Waals surface area contributed by atoms with Gasteiger partial charge in [-0.25, -0.2) is 0 Å². The lowest BCUT2D eigenvalue weighted by molar-refractivity contribution is -0.129. The second-order valence-corrected chi connectivity index (χ2v) is 6.26. The van der Waals surface area contributed by atoms with Gasteiger partial charge in [-0.2, -0.15) is 0 Å². The zero-order chi connectivity index (χ0) is 13.8. The van der Waals surface area contributed by atoms with Crippen molar-refractivity contribution >= 4 is 33.4 Å². The summed E-state index contributed by atoms with van der Waals surface area (Å²) in [6.07, 6.45) is 1.53. The molecule has 104 valence electrons. The molecule has 1 fully saturated rings. The maximum absolute atomic E-state index is 12.3. The number of nitrogens with one attached hydrogen (secondary N) is 1. The molecule has 0 radical (unpaired) electrons. The number of carbonyl (C=O) groups is 1. The molecule has 0 spiro atoms. The van der Waals surface area contributed by atoms with Crippen LogP contribution in [0.5, 0.6) is 0 Å². The molecular formula is C14H18BrClN2O. The van der Waals surface area contributed by atoms with Crippen molar-refractivity contribution in [3.05, 3.63) is 33.3 Å². The molecule has 1 saturated heterocycles. The lowest BCUT2D eigenvalue weighted by atomic mass is 10.1. The fourth-order valence-electron chi connectivity index (χ4n) is 2.45. The molecule has 5 heteroatoms. The third kappa shape index (κ3) is 3.94. The normalized spacial score (nSPS) is 18.9. The number of benzene rings is 1. The minimum atomic E-state index is 0.196. The fraction of sp³-hybridized carbons (Fsp3) is 0.500. The lowest BCUT2D eigenvalue weighted by Crippen LogP contribution is -2.31. The van der Waals surface area contributed by atoms with Crippen LogP contribution in [0.4, 0.5) is 0 Å². The molecular weight excluding hydrogens is 328 g/mol. The molecule has 1 unspecified atom stereocenters. The van der Waals surface area contributed by atoms with Crippen LogP contribution < -0.4 is 5.32 Å². The summed E-state index contributed by atoms with van der Waals surface area (Å²) in [5.41, 5.74) is 0.992. The van der Waals surface area contributed by atoms with E-state index in [0.29, 0.717) is 17.4 Å². The van der Waals surface area contributed by atoms with Gasteiger partial charge in [-0.3, -0.25) is 4.79 Å². The Morgan fingerprint density at radius 1 is 1.58 bits per heavy atom. The van der Waals surface area contributed by atoms with E-state index in [4.69, 9.17) is 11.6 Å². The van der Waals surface area contributed by atoms with Crippen LogP contribution in [0, 0.1) is 5.92 Å². The van der Waals surface area contributed by atoms with Gasteiger partial charge in [0, 0.05) is 22.6 Å². The molecule has 19 heavy (non-hydrogen) atoms.